The Bertz CT molecular complexity index is 619. The molecule has 0 spiro atoms. The van der Waals surface area contributed by atoms with E-state index in [1.807, 2.05) is 6.92 Å². The summed E-state index contributed by atoms with van der Waals surface area (Å²) in [5.41, 5.74) is 0.504. The molecule has 3 rings (SSSR count). The third kappa shape index (κ3) is 3.47. The predicted octanol–water partition coefficient (Wildman–Crippen LogP) is 4.17. The standard InChI is InChI=1S/C19H26F2O4/c1-10-13-8-12(9-14(10)22)19(2,3)25-17(13)11-5-6-15(24-18(20)21)16(7-11)23-4/h5-7,10,12-14,17-18,22H,8-9H2,1-4H3/t10-,12?,13?,14-,17-/m0/s1. The maximum absolute atomic E-state index is 12.5. The van der Waals surface area contributed by atoms with Crippen LogP contribution in [0.15, 0.2) is 18.2 Å². The molecule has 1 saturated carbocycles. The van der Waals surface area contributed by atoms with Crippen molar-refractivity contribution in [2.24, 2.45) is 17.8 Å². The summed E-state index contributed by atoms with van der Waals surface area (Å²) in [6, 6.07) is 4.94. The van der Waals surface area contributed by atoms with E-state index >= 15 is 0 Å². The molecule has 1 aliphatic carbocycles. The van der Waals surface area contributed by atoms with Crippen molar-refractivity contribution in [1.29, 1.82) is 0 Å². The second kappa shape index (κ2) is 6.72. The van der Waals surface area contributed by atoms with E-state index < -0.39 is 6.61 Å². The Hall–Kier alpha value is -1.40. The Kier molecular flexibility index (Phi) is 4.95. The zero-order valence-corrected chi connectivity index (χ0v) is 15.0. The van der Waals surface area contributed by atoms with Gasteiger partial charge in [-0.05, 0) is 62.1 Å². The average molecular weight is 356 g/mol. The molecule has 2 fully saturated rings. The summed E-state index contributed by atoms with van der Waals surface area (Å²) in [5.74, 6) is 0.855. The van der Waals surface area contributed by atoms with Crippen molar-refractivity contribution in [2.75, 3.05) is 7.11 Å². The minimum absolute atomic E-state index is 0.00548. The van der Waals surface area contributed by atoms with Gasteiger partial charge in [-0.2, -0.15) is 8.78 Å². The lowest BCUT2D eigenvalue weighted by molar-refractivity contribution is -0.215. The van der Waals surface area contributed by atoms with Crippen molar-refractivity contribution >= 4 is 0 Å². The molecule has 4 nitrogen and oxygen atoms in total. The first-order valence-corrected chi connectivity index (χ1v) is 8.71. The van der Waals surface area contributed by atoms with Crippen molar-refractivity contribution in [1.82, 2.24) is 0 Å². The third-order valence-corrected chi connectivity index (χ3v) is 5.90. The highest BCUT2D eigenvalue weighted by atomic mass is 19.3. The number of alkyl halides is 2. The molecule has 0 radical (unpaired) electrons. The molecule has 1 saturated heterocycles. The number of hydrogen-bond donors (Lipinski definition) is 1. The molecule has 1 N–H and O–H groups in total. The first-order valence-electron chi connectivity index (χ1n) is 8.71. The lowest BCUT2D eigenvalue weighted by atomic mass is 9.63. The van der Waals surface area contributed by atoms with E-state index in [-0.39, 0.29) is 41.1 Å². The van der Waals surface area contributed by atoms with E-state index in [4.69, 9.17) is 9.47 Å². The van der Waals surface area contributed by atoms with E-state index in [1.54, 1.807) is 12.1 Å². The van der Waals surface area contributed by atoms with Crippen LogP contribution in [0.3, 0.4) is 0 Å². The van der Waals surface area contributed by atoms with Crippen molar-refractivity contribution in [3.8, 4) is 11.5 Å². The summed E-state index contributed by atoms with van der Waals surface area (Å²) in [6.07, 6.45) is 1.17. The van der Waals surface area contributed by atoms with Gasteiger partial charge >= 0.3 is 6.61 Å². The van der Waals surface area contributed by atoms with Crippen molar-refractivity contribution in [2.45, 2.75) is 58.0 Å². The highest BCUT2D eigenvalue weighted by molar-refractivity contribution is 5.44. The van der Waals surface area contributed by atoms with Crippen LogP contribution in [-0.2, 0) is 4.74 Å². The topological polar surface area (TPSA) is 47.9 Å². The number of fused-ring (bicyclic) bond motifs is 2. The molecule has 25 heavy (non-hydrogen) atoms. The minimum atomic E-state index is -2.90. The van der Waals surface area contributed by atoms with Gasteiger partial charge in [-0.3, -0.25) is 0 Å². The summed E-state index contributed by atoms with van der Waals surface area (Å²) >= 11 is 0. The fraction of sp³-hybridized carbons (Fsp3) is 0.684. The van der Waals surface area contributed by atoms with Crippen LogP contribution in [0, 0.1) is 17.8 Å². The molecular weight excluding hydrogens is 330 g/mol. The highest BCUT2D eigenvalue weighted by Crippen LogP contribution is 2.53. The van der Waals surface area contributed by atoms with Gasteiger partial charge in [0.2, 0.25) is 0 Å². The highest BCUT2D eigenvalue weighted by Gasteiger charge is 2.50. The number of halogens is 2. The first-order chi connectivity index (χ1) is 11.7. The van der Waals surface area contributed by atoms with Crippen LogP contribution in [-0.4, -0.2) is 30.5 Å². The first kappa shape index (κ1) is 18.4. The SMILES string of the molecule is COc1cc([C@@H]2OC(C)(C)C3CC2[C@H](C)[C@@H](O)C3)ccc1OC(F)F. The molecule has 140 valence electrons. The summed E-state index contributed by atoms with van der Waals surface area (Å²) < 4.78 is 41.2. The molecule has 2 bridgehead atoms. The molecule has 0 amide bonds. The summed E-state index contributed by atoms with van der Waals surface area (Å²) in [6.45, 7) is 3.24. The number of methoxy groups -OCH3 is 1. The summed E-state index contributed by atoms with van der Waals surface area (Å²) in [4.78, 5) is 0. The summed E-state index contributed by atoms with van der Waals surface area (Å²) in [7, 11) is 1.42. The van der Waals surface area contributed by atoms with E-state index in [0.717, 1.165) is 18.4 Å². The Morgan fingerprint density at radius 1 is 1.24 bits per heavy atom. The minimum Gasteiger partial charge on any atom is -0.493 e. The van der Waals surface area contributed by atoms with Gasteiger partial charge in [0.05, 0.1) is 24.9 Å². The maximum Gasteiger partial charge on any atom is 0.387 e. The van der Waals surface area contributed by atoms with Gasteiger partial charge in [0.15, 0.2) is 11.5 Å². The van der Waals surface area contributed by atoms with Crippen molar-refractivity contribution in [3.05, 3.63) is 23.8 Å². The van der Waals surface area contributed by atoms with Gasteiger partial charge in [-0.1, -0.05) is 13.0 Å². The number of aliphatic hydroxyl groups excluding tert-OH is 1. The Balaban J connectivity index is 1.94. The van der Waals surface area contributed by atoms with Crippen LogP contribution in [0.2, 0.25) is 0 Å². The van der Waals surface area contributed by atoms with E-state index in [1.165, 1.54) is 13.2 Å². The van der Waals surface area contributed by atoms with E-state index in [2.05, 4.69) is 18.6 Å². The smallest absolute Gasteiger partial charge is 0.387 e. The quantitative estimate of drug-likeness (QED) is 0.880. The zero-order chi connectivity index (χ0) is 18.4. The molecule has 1 aromatic carbocycles. The van der Waals surface area contributed by atoms with Gasteiger partial charge in [-0.15, -0.1) is 0 Å². The van der Waals surface area contributed by atoms with Gasteiger partial charge in [0, 0.05) is 0 Å². The van der Waals surface area contributed by atoms with Gasteiger partial charge in [0.1, 0.15) is 0 Å². The van der Waals surface area contributed by atoms with Crippen LogP contribution >= 0.6 is 0 Å². The molecule has 1 heterocycles. The number of ether oxygens (including phenoxy) is 3. The van der Waals surface area contributed by atoms with Gasteiger partial charge in [-0.25, -0.2) is 0 Å². The van der Waals surface area contributed by atoms with Crippen LogP contribution in [0.4, 0.5) is 8.78 Å². The molecule has 2 unspecified atom stereocenters. The summed E-state index contributed by atoms with van der Waals surface area (Å²) in [5, 5.41) is 10.4. The average Bonchev–Trinajstić information content (AvgIpc) is 2.54. The molecule has 2 aliphatic rings. The molecule has 6 heteroatoms. The van der Waals surface area contributed by atoms with E-state index in [0.29, 0.717) is 5.92 Å². The maximum atomic E-state index is 12.5. The lowest BCUT2D eigenvalue weighted by Crippen LogP contribution is -2.52. The molecule has 0 aromatic heterocycles. The van der Waals surface area contributed by atoms with Gasteiger partial charge in [0.25, 0.3) is 0 Å². The lowest BCUT2D eigenvalue weighted by Gasteiger charge is -2.53. The fourth-order valence-corrected chi connectivity index (χ4v) is 4.28. The third-order valence-electron chi connectivity index (χ3n) is 5.90. The second-order valence-electron chi connectivity index (χ2n) is 7.69. The van der Waals surface area contributed by atoms with E-state index in [9.17, 15) is 13.9 Å². The number of aliphatic hydroxyl groups is 1. The molecule has 5 atom stereocenters. The monoisotopic (exact) mass is 356 g/mol. The van der Waals surface area contributed by atoms with Crippen molar-refractivity contribution in [3.63, 3.8) is 0 Å². The Morgan fingerprint density at radius 3 is 2.60 bits per heavy atom. The van der Waals surface area contributed by atoms with Crippen LogP contribution < -0.4 is 9.47 Å². The zero-order valence-electron chi connectivity index (χ0n) is 15.0. The predicted molar refractivity (Wildman–Crippen MR) is 88.9 cm³/mol. The van der Waals surface area contributed by atoms with Gasteiger partial charge < -0.3 is 19.3 Å². The molecule has 1 aliphatic heterocycles. The largest absolute Gasteiger partial charge is 0.493 e. The Labute approximate surface area is 147 Å². The molecule has 1 aromatic rings. The molecular formula is C19H26F2O4. The second-order valence-corrected chi connectivity index (χ2v) is 7.69. The number of rotatable bonds is 4. The fourth-order valence-electron chi connectivity index (χ4n) is 4.28. The van der Waals surface area contributed by atoms with Crippen molar-refractivity contribution < 1.29 is 28.1 Å². The Morgan fingerprint density at radius 2 is 1.96 bits per heavy atom. The normalized spacial score (nSPS) is 34.0. The number of hydrogen-bond acceptors (Lipinski definition) is 4. The van der Waals surface area contributed by atoms with Crippen LogP contribution in [0.1, 0.15) is 45.3 Å². The number of benzene rings is 1. The van der Waals surface area contributed by atoms with Crippen LogP contribution in [0.25, 0.3) is 0 Å². The van der Waals surface area contributed by atoms with Crippen LogP contribution in [0.5, 0.6) is 11.5 Å².